The highest BCUT2D eigenvalue weighted by molar-refractivity contribution is 7.16. The van der Waals surface area contributed by atoms with E-state index < -0.39 is 5.60 Å². The summed E-state index contributed by atoms with van der Waals surface area (Å²) in [5, 5.41) is 10.0. The lowest BCUT2D eigenvalue weighted by atomic mass is 9.70. The minimum atomic E-state index is -0.437. The van der Waals surface area contributed by atoms with Crippen LogP contribution < -0.4 is 0 Å². The summed E-state index contributed by atoms with van der Waals surface area (Å²) in [5.74, 6) is 0.681. The quantitative estimate of drug-likeness (QED) is 0.806. The molecule has 1 nitrogen and oxygen atoms in total. The van der Waals surface area contributed by atoms with E-state index in [0.29, 0.717) is 5.92 Å². The lowest BCUT2D eigenvalue weighted by Gasteiger charge is -2.41. The topological polar surface area (TPSA) is 20.2 Å². The first-order chi connectivity index (χ1) is 6.07. The van der Waals surface area contributed by atoms with Crippen molar-refractivity contribution in [3.63, 3.8) is 0 Å². The molecule has 1 aromatic rings. The first-order valence-electron chi connectivity index (χ1n) is 4.54. The predicted molar refractivity (Wildman–Crippen MR) is 56.4 cm³/mol. The fraction of sp³-hybridized carbons (Fsp3) is 0.600. The fourth-order valence-electron chi connectivity index (χ4n) is 2.15. The van der Waals surface area contributed by atoms with Crippen molar-refractivity contribution in [2.24, 2.45) is 5.92 Å². The second-order valence-corrected chi connectivity index (χ2v) is 5.92. The Hall–Kier alpha value is -0.0500. The number of hydrogen-bond donors (Lipinski definition) is 1. The Morgan fingerprint density at radius 1 is 1.62 bits per heavy atom. The summed E-state index contributed by atoms with van der Waals surface area (Å²) in [7, 11) is 0. The van der Waals surface area contributed by atoms with Crippen molar-refractivity contribution in [3.8, 4) is 0 Å². The second-order valence-electron chi connectivity index (χ2n) is 4.12. The first-order valence-corrected chi connectivity index (χ1v) is 5.73. The summed E-state index contributed by atoms with van der Waals surface area (Å²) in [5.41, 5.74) is -0.437. The van der Waals surface area contributed by atoms with E-state index in [-0.39, 0.29) is 0 Å². The van der Waals surface area contributed by atoms with E-state index in [0.717, 1.165) is 23.6 Å². The van der Waals surface area contributed by atoms with Crippen LogP contribution in [-0.2, 0) is 6.42 Å². The summed E-state index contributed by atoms with van der Waals surface area (Å²) in [4.78, 5) is 1.19. The molecular formula is C10H13ClOS. The van der Waals surface area contributed by atoms with E-state index in [4.69, 9.17) is 11.6 Å². The molecule has 2 rings (SSSR count). The molecule has 0 bridgehead atoms. The molecule has 1 saturated carbocycles. The van der Waals surface area contributed by atoms with Crippen molar-refractivity contribution in [1.29, 1.82) is 0 Å². The SMILES string of the molecule is CC1CC(O)(Cc2ccc(Cl)s2)C1. The van der Waals surface area contributed by atoms with E-state index in [2.05, 4.69) is 6.92 Å². The van der Waals surface area contributed by atoms with Gasteiger partial charge in [-0.15, -0.1) is 11.3 Å². The predicted octanol–water partition coefficient (Wildman–Crippen LogP) is 3.11. The van der Waals surface area contributed by atoms with Crippen molar-refractivity contribution in [2.75, 3.05) is 0 Å². The maximum atomic E-state index is 10.0. The van der Waals surface area contributed by atoms with Crippen molar-refractivity contribution in [3.05, 3.63) is 21.3 Å². The van der Waals surface area contributed by atoms with Crippen LogP contribution in [0.15, 0.2) is 12.1 Å². The number of aliphatic hydroxyl groups is 1. The third-order valence-corrected chi connectivity index (χ3v) is 3.82. The second kappa shape index (κ2) is 3.26. The first kappa shape index (κ1) is 9.50. The number of halogens is 1. The van der Waals surface area contributed by atoms with Crippen LogP contribution in [0, 0.1) is 5.92 Å². The molecule has 0 saturated heterocycles. The molecule has 0 aromatic carbocycles. The molecule has 1 fully saturated rings. The van der Waals surface area contributed by atoms with Crippen LogP contribution in [0.1, 0.15) is 24.6 Å². The lowest BCUT2D eigenvalue weighted by molar-refractivity contribution is -0.0660. The Morgan fingerprint density at radius 3 is 2.77 bits per heavy atom. The Labute approximate surface area is 87.4 Å². The van der Waals surface area contributed by atoms with Gasteiger partial charge in [-0.25, -0.2) is 0 Å². The van der Waals surface area contributed by atoms with Crippen LogP contribution in [-0.4, -0.2) is 10.7 Å². The average molecular weight is 217 g/mol. The molecule has 1 N–H and O–H groups in total. The van der Waals surface area contributed by atoms with Gasteiger partial charge < -0.3 is 5.11 Å². The molecule has 0 spiro atoms. The van der Waals surface area contributed by atoms with E-state index in [1.807, 2.05) is 12.1 Å². The highest BCUT2D eigenvalue weighted by atomic mass is 35.5. The van der Waals surface area contributed by atoms with Crippen LogP contribution in [0.5, 0.6) is 0 Å². The summed E-state index contributed by atoms with van der Waals surface area (Å²) in [6.45, 7) is 2.18. The molecule has 1 aliphatic carbocycles. The van der Waals surface area contributed by atoms with E-state index in [1.165, 1.54) is 4.88 Å². The number of hydrogen-bond acceptors (Lipinski definition) is 2. The van der Waals surface area contributed by atoms with Gasteiger partial charge in [-0.3, -0.25) is 0 Å². The molecule has 0 unspecified atom stereocenters. The van der Waals surface area contributed by atoms with Crippen LogP contribution >= 0.6 is 22.9 Å². The zero-order valence-electron chi connectivity index (χ0n) is 7.59. The van der Waals surface area contributed by atoms with Gasteiger partial charge in [0.25, 0.3) is 0 Å². The van der Waals surface area contributed by atoms with Crippen molar-refractivity contribution in [2.45, 2.75) is 31.8 Å². The summed E-state index contributed by atoms with van der Waals surface area (Å²) in [6, 6.07) is 3.90. The maximum absolute atomic E-state index is 10.0. The molecule has 0 atom stereocenters. The van der Waals surface area contributed by atoms with Gasteiger partial charge in [0.1, 0.15) is 0 Å². The Balaban J connectivity index is 1.99. The molecule has 0 radical (unpaired) electrons. The van der Waals surface area contributed by atoms with Crippen LogP contribution in [0.4, 0.5) is 0 Å². The number of thiophene rings is 1. The average Bonchev–Trinajstić information content (AvgIpc) is 2.32. The van der Waals surface area contributed by atoms with Gasteiger partial charge in [0.15, 0.2) is 0 Å². The Kier molecular flexibility index (Phi) is 2.39. The molecule has 1 aliphatic rings. The minimum absolute atomic E-state index is 0.437. The van der Waals surface area contributed by atoms with Gasteiger partial charge in [0.2, 0.25) is 0 Å². The normalized spacial score (nSPS) is 33.0. The summed E-state index contributed by atoms with van der Waals surface area (Å²) in [6.07, 6.45) is 2.64. The highest BCUT2D eigenvalue weighted by Crippen LogP contribution is 2.41. The lowest BCUT2D eigenvalue weighted by Crippen LogP contribution is -2.44. The van der Waals surface area contributed by atoms with Crippen molar-refractivity contribution >= 4 is 22.9 Å². The third kappa shape index (κ3) is 2.06. The van der Waals surface area contributed by atoms with Crippen LogP contribution in [0.2, 0.25) is 4.34 Å². The smallest absolute Gasteiger partial charge is 0.0931 e. The maximum Gasteiger partial charge on any atom is 0.0931 e. The van der Waals surface area contributed by atoms with Crippen molar-refractivity contribution < 1.29 is 5.11 Å². The Morgan fingerprint density at radius 2 is 2.31 bits per heavy atom. The van der Waals surface area contributed by atoms with Gasteiger partial charge in [-0.1, -0.05) is 18.5 Å². The minimum Gasteiger partial charge on any atom is -0.389 e. The molecule has 0 aliphatic heterocycles. The summed E-state index contributed by atoms with van der Waals surface area (Å²) >= 11 is 7.39. The molecule has 1 aromatic heterocycles. The molecule has 72 valence electrons. The van der Waals surface area contributed by atoms with E-state index >= 15 is 0 Å². The highest BCUT2D eigenvalue weighted by Gasteiger charge is 2.40. The zero-order valence-corrected chi connectivity index (χ0v) is 9.16. The molecule has 13 heavy (non-hydrogen) atoms. The van der Waals surface area contributed by atoms with E-state index in [9.17, 15) is 5.11 Å². The molecule has 0 amide bonds. The number of rotatable bonds is 2. The molecule has 3 heteroatoms. The van der Waals surface area contributed by atoms with Crippen LogP contribution in [0.25, 0.3) is 0 Å². The largest absolute Gasteiger partial charge is 0.389 e. The van der Waals surface area contributed by atoms with Crippen LogP contribution in [0.3, 0.4) is 0 Å². The third-order valence-electron chi connectivity index (χ3n) is 2.59. The van der Waals surface area contributed by atoms with Gasteiger partial charge in [-0.05, 0) is 30.9 Å². The molecular weight excluding hydrogens is 204 g/mol. The zero-order chi connectivity index (χ0) is 9.47. The van der Waals surface area contributed by atoms with Gasteiger partial charge in [-0.2, -0.15) is 0 Å². The van der Waals surface area contributed by atoms with Gasteiger partial charge in [0, 0.05) is 11.3 Å². The van der Waals surface area contributed by atoms with Gasteiger partial charge >= 0.3 is 0 Å². The standard InChI is InChI=1S/C10H13ClOS/c1-7-4-10(12,5-7)6-8-2-3-9(11)13-8/h2-3,7,12H,4-6H2,1H3. The molecule has 1 heterocycles. The van der Waals surface area contributed by atoms with Gasteiger partial charge in [0.05, 0.1) is 9.94 Å². The fourth-order valence-corrected chi connectivity index (χ4v) is 3.38. The van der Waals surface area contributed by atoms with E-state index in [1.54, 1.807) is 11.3 Å². The Bertz CT molecular complexity index is 302. The summed E-state index contributed by atoms with van der Waals surface area (Å²) < 4.78 is 0.811. The monoisotopic (exact) mass is 216 g/mol. The van der Waals surface area contributed by atoms with Crippen molar-refractivity contribution in [1.82, 2.24) is 0 Å².